The van der Waals surface area contributed by atoms with Gasteiger partial charge in [0.25, 0.3) is 0 Å². The largest absolute Gasteiger partial charge is 0.329 e. The smallest absolute Gasteiger partial charge is 0.229 e. The fourth-order valence-electron chi connectivity index (χ4n) is 3.42. The molecular weight excluding hydrogens is 346 g/mol. The molecular formula is C20H21N3O2S. The topological polar surface area (TPSA) is 64.4 Å². The molecule has 1 aromatic carbocycles. The summed E-state index contributed by atoms with van der Waals surface area (Å²) >= 11 is 1.55. The van der Waals surface area contributed by atoms with Gasteiger partial charge in [-0.2, -0.15) is 5.26 Å². The van der Waals surface area contributed by atoms with Crippen LogP contribution in [0.2, 0.25) is 0 Å². The van der Waals surface area contributed by atoms with E-state index in [1.165, 1.54) is 4.90 Å². The minimum absolute atomic E-state index is 0.0434. The van der Waals surface area contributed by atoms with Crippen LogP contribution in [0.15, 0.2) is 41.8 Å². The molecule has 2 atom stereocenters. The normalized spacial score (nSPS) is 19.4. The van der Waals surface area contributed by atoms with Gasteiger partial charge in [0, 0.05) is 23.5 Å². The van der Waals surface area contributed by atoms with Gasteiger partial charge in [-0.3, -0.25) is 9.59 Å². The van der Waals surface area contributed by atoms with Crippen LogP contribution in [0.1, 0.15) is 29.8 Å². The number of hydrogen-bond acceptors (Lipinski definition) is 4. The number of anilines is 1. The molecule has 2 amide bonds. The van der Waals surface area contributed by atoms with Crippen LogP contribution in [0.25, 0.3) is 0 Å². The van der Waals surface area contributed by atoms with Crippen molar-refractivity contribution in [3.63, 3.8) is 0 Å². The van der Waals surface area contributed by atoms with Gasteiger partial charge in [-0.25, -0.2) is 0 Å². The van der Waals surface area contributed by atoms with Gasteiger partial charge in [0.1, 0.15) is 6.54 Å². The van der Waals surface area contributed by atoms with Crippen LogP contribution in [0.5, 0.6) is 0 Å². The Balaban J connectivity index is 2.00. The lowest BCUT2D eigenvalue weighted by Gasteiger charge is -2.29. The van der Waals surface area contributed by atoms with E-state index in [4.69, 9.17) is 5.26 Å². The highest BCUT2D eigenvalue weighted by Gasteiger charge is 2.46. The van der Waals surface area contributed by atoms with Gasteiger partial charge in [0.2, 0.25) is 11.8 Å². The van der Waals surface area contributed by atoms with E-state index < -0.39 is 5.92 Å². The number of hydrogen-bond donors (Lipinski definition) is 0. The van der Waals surface area contributed by atoms with Gasteiger partial charge in [-0.1, -0.05) is 23.8 Å². The zero-order valence-corrected chi connectivity index (χ0v) is 15.7. The molecule has 1 saturated heterocycles. The maximum Gasteiger partial charge on any atom is 0.229 e. The molecule has 6 heteroatoms. The highest BCUT2D eigenvalue weighted by molar-refractivity contribution is 7.10. The first-order valence-corrected chi connectivity index (χ1v) is 9.52. The Hall–Kier alpha value is -2.65. The summed E-state index contributed by atoms with van der Waals surface area (Å²) in [6.07, 6.45) is 0.164. The number of carbonyl (C=O) groups excluding carboxylic acids is 2. The molecule has 0 radical (unpaired) electrons. The second-order valence-electron chi connectivity index (χ2n) is 6.38. The van der Waals surface area contributed by atoms with E-state index in [-0.39, 0.29) is 30.8 Å². The molecule has 0 N–H and O–H groups in total. The minimum Gasteiger partial charge on any atom is -0.329 e. The molecule has 26 heavy (non-hydrogen) atoms. The monoisotopic (exact) mass is 367 g/mol. The first-order chi connectivity index (χ1) is 12.6. The molecule has 1 aliphatic rings. The van der Waals surface area contributed by atoms with Crippen molar-refractivity contribution in [3.05, 3.63) is 52.2 Å². The number of aryl methyl sites for hydroxylation is 1. The van der Waals surface area contributed by atoms with Crippen LogP contribution in [0.3, 0.4) is 0 Å². The summed E-state index contributed by atoms with van der Waals surface area (Å²) in [4.78, 5) is 30.2. The Morgan fingerprint density at radius 1 is 1.35 bits per heavy atom. The van der Waals surface area contributed by atoms with Crippen molar-refractivity contribution in [2.45, 2.75) is 26.3 Å². The number of rotatable bonds is 5. The molecule has 2 heterocycles. The van der Waals surface area contributed by atoms with Crippen molar-refractivity contribution in [1.29, 1.82) is 5.26 Å². The van der Waals surface area contributed by atoms with Crippen molar-refractivity contribution in [2.75, 3.05) is 18.0 Å². The van der Waals surface area contributed by atoms with Gasteiger partial charge in [0.15, 0.2) is 0 Å². The van der Waals surface area contributed by atoms with Gasteiger partial charge in [0.05, 0.1) is 18.0 Å². The van der Waals surface area contributed by atoms with E-state index in [0.717, 1.165) is 16.1 Å². The molecule has 0 saturated carbocycles. The second kappa shape index (κ2) is 7.71. The summed E-state index contributed by atoms with van der Waals surface area (Å²) in [6.45, 7) is 4.35. The molecule has 0 bridgehead atoms. The van der Waals surface area contributed by atoms with Gasteiger partial charge >= 0.3 is 0 Å². The lowest BCUT2D eigenvalue weighted by molar-refractivity contribution is -0.135. The molecule has 1 fully saturated rings. The highest BCUT2D eigenvalue weighted by atomic mass is 32.1. The van der Waals surface area contributed by atoms with Gasteiger partial charge in [-0.15, -0.1) is 11.3 Å². The van der Waals surface area contributed by atoms with E-state index in [0.29, 0.717) is 6.54 Å². The first-order valence-electron chi connectivity index (χ1n) is 8.64. The number of benzene rings is 1. The summed E-state index contributed by atoms with van der Waals surface area (Å²) in [5, 5.41) is 11.0. The van der Waals surface area contributed by atoms with E-state index in [1.807, 2.05) is 61.7 Å². The molecule has 3 rings (SSSR count). The van der Waals surface area contributed by atoms with Gasteiger partial charge < -0.3 is 9.80 Å². The second-order valence-corrected chi connectivity index (χ2v) is 7.36. The van der Waals surface area contributed by atoms with Crippen molar-refractivity contribution in [1.82, 2.24) is 4.90 Å². The Morgan fingerprint density at radius 3 is 2.65 bits per heavy atom. The summed E-state index contributed by atoms with van der Waals surface area (Å²) in [5.41, 5.74) is 1.92. The fourth-order valence-corrected chi connectivity index (χ4v) is 4.30. The average Bonchev–Trinajstić information content (AvgIpc) is 3.27. The number of carbonyl (C=O) groups is 2. The fraction of sp³-hybridized carbons (Fsp3) is 0.350. The molecule has 134 valence electrons. The average molecular weight is 367 g/mol. The summed E-state index contributed by atoms with van der Waals surface area (Å²) in [5.74, 6) is -0.662. The lowest BCUT2D eigenvalue weighted by Crippen LogP contribution is -2.39. The third-order valence-corrected chi connectivity index (χ3v) is 5.68. The Morgan fingerprint density at radius 2 is 2.08 bits per heavy atom. The third-order valence-electron chi connectivity index (χ3n) is 4.74. The SMILES string of the molecule is CCN(CC#N)C(=O)C1CC(=O)N(c2ccc(C)cc2)C1c1cccs1. The standard InChI is InChI=1S/C20H21N3O2S/c1-3-22(11-10-21)20(25)16-13-18(24)23(15-8-6-14(2)7-9-15)19(16)17-5-4-12-26-17/h4-9,12,16,19H,3,11,13H2,1-2H3. The van der Waals surface area contributed by atoms with E-state index in [9.17, 15) is 9.59 Å². The Labute approximate surface area is 157 Å². The van der Waals surface area contributed by atoms with Crippen LogP contribution in [-0.2, 0) is 9.59 Å². The summed E-state index contributed by atoms with van der Waals surface area (Å²) in [7, 11) is 0. The number of nitriles is 1. The zero-order chi connectivity index (χ0) is 18.7. The molecule has 0 spiro atoms. The maximum atomic E-state index is 13.0. The molecule has 0 aliphatic carbocycles. The van der Waals surface area contributed by atoms with Crippen molar-refractivity contribution in [2.24, 2.45) is 5.92 Å². The summed E-state index contributed by atoms with van der Waals surface area (Å²) < 4.78 is 0. The van der Waals surface area contributed by atoms with E-state index in [1.54, 1.807) is 16.2 Å². The minimum atomic E-state index is -0.476. The number of nitrogens with zero attached hydrogens (tertiary/aromatic N) is 3. The lowest BCUT2D eigenvalue weighted by atomic mass is 9.96. The maximum absolute atomic E-state index is 13.0. The van der Waals surface area contributed by atoms with Crippen molar-refractivity contribution in [3.8, 4) is 6.07 Å². The predicted molar refractivity (Wildman–Crippen MR) is 102 cm³/mol. The Bertz CT molecular complexity index is 824. The van der Waals surface area contributed by atoms with Crippen LogP contribution in [0.4, 0.5) is 5.69 Å². The van der Waals surface area contributed by atoms with Crippen molar-refractivity contribution < 1.29 is 9.59 Å². The quantitative estimate of drug-likeness (QED) is 0.760. The highest BCUT2D eigenvalue weighted by Crippen LogP contribution is 2.43. The molecule has 2 aromatic rings. The molecule has 5 nitrogen and oxygen atoms in total. The van der Waals surface area contributed by atoms with E-state index in [2.05, 4.69) is 0 Å². The van der Waals surface area contributed by atoms with E-state index >= 15 is 0 Å². The van der Waals surface area contributed by atoms with Gasteiger partial charge in [-0.05, 0) is 37.4 Å². The molecule has 2 unspecified atom stereocenters. The first kappa shape index (κ1) is 18.2. The Kier molecular flexibility index (Phi) is 5.38. The summed E-state index contributed by atoms with van der Waals surface area (Å²) in [6, 6.07) is 13.4. The number of thiophene rings is 1. The molecule has 1 aromatic heterocycles. The van der Waals surface area contributed by atoms with Crippen LogP contribution in [0, 0.1) is 24.2 Å². The van der Waals surface area contributed by atoms with Crippen LogP contribution < -0.4 is 4.90 Å². The number of amides is 2. The molecule has 1 aliphatic heterocycles. The third kappa shape index (κ3) is 3.35. The van der Waals surface area contributed by atoms with Crippen LogP contribution in [-0.4, -0.2) is 29.8 Å². The predicted octanol–water partition coefficient (Wildman–Crippen LogP) is 3.52. The van der Waals surface area contributed by atoms with Crippen molar-refractivity contribution >= 4 is 28.8 Å². The van der Waals surface area contributed by atoms with Crippen LogP contribution >= 0.6 is 11.3 Å². The zero-order valence-electron chi connectivity index (χ0n) is 14.9.